The Morgan fingerprint density at radius 3 is 2.93 bits per heavy atom. The number of nitrogen functional groups attached to an aromatic ring is 1. The van der Waals surface area contributed by atoms with Crippen LogP contribution in [0, 0.1) is 0 Å². The first-order chi connectivity index (χ1) is 7.04. The highest BCUT2D eigenvalue weighted by Gasteiger charge is 2.10. The molecule has 0 aliphatic carbocycles. The number of rotatable bonds is 3. The molecule has 3 N–H and O–H groups in total. The summed E-state index contributed by atoms with van der Waals surface area (Å²) in [6.45, 7) is 1.58. The van der Waals surface area contributed by atoms with E-state index in [0.29, 0.717) is 11.4 Å². The van der Waals surface area contributed by atoms with E-state index in [1.54, 1.807) is 13.0 Å². The second-order valence-electron chi connectivity index (χ2n) is 2.92. The van der Waals surface area contributed by atoms with Gasteiger partial charge in [-0.25, -0.2) is 4.98 Å². The van der Waals surface area contributed by atoms with Crippen LogP contribution in [-0.2, 0) is 4.79 Å². The number of aromatic nitrogens is 1. The minimum Gasteiger partial charge on any atom is -0.493 e. The molecule has 0 radical (unpaired) electrons. The molecular formula is C9H12ClN3O2. The molecule has 0 saturated heterocycles. The lowest BCUT2D eigenvalue weighted by molar-refractivity contribution is -0.115. The van der Waals surface area contributed by atoms with Crippen molar-refractivity contribution in [2.45, 2.75) is 12.3 Å². The van der Waals surface area contributed by atoms with Crippen LogP contribution in [-0.4, -0.2) is 23.4 Å². The normalized spacial score (nSPS) is 11.9. The summed E-state index contributed by atoms with van der Waals surface area (Å²) in [7, 11) is 1.48. The van der Waals surface area contributed by atoms with Gasteiger partial charge in [0.05, 0.1) is 19.0 Å². The van der Waals surface area contributed by atoms with Gasteiger partial charge >= 0.3 is 0 Å². The van der Waals surface area contributed by atoms with E-state index >= 15 is 0 Å². The first-order valence-corrected chi connectivity index (χ1v) is 4.72. The van der Waals surface area contributed by atoms with E-state index in [-0.39, 0.29) is 11.7 Å². The quantitative estimate of drug-likeness (QED) is 0.765. The molecule has 1 amide bonds. The van der Waals surface area contributed by atoms with Crippen LogP contribution in [0.4, 0.5) is 11.5 Å². The van der Waals surface area contributed by atoms with Crippen LogP contribution in [0.25, 0.3) is 0 Å². The standard InChI is InChI=1S/C9H12ClN3O2/c1-5(10)9(14)13-6-3-7(15-2)8(11)12-4-6/h3-5H,1-2H3,(H2,11,12)(H,13,14). The summed E-state index contributed by atoms with van der Waals surface area (Å²) in [5.74, 6) is 0.384. The zero-order chi connectivity index (χ0) is 11.4. The first kappa shape index (κ1) is 11.6. The third kappa shape index (κ3) is 2.99. The van der Waals surface area contributed by atoms with Crippen LogP contribution >= 0.6 is 11.6 Å². The zero-order valence-electron chi connectivity index (χ0n) is 8.45. The molecule has 0 fully saturated rings. The number of ether oxygens (including phenoxy) is 1. The molecular weight excluding hydrogens is 218 g/mol. The third-order valence-corrected chi connectivity index (χ3v) is 1.93. The average molecular weight is 230 g/mol. The Kier molecular flexibility index (Phi) is 3.74. The van der Waals surface area contributed by atoms with Gasteiger partial charge < -0.3 is 15.8 Å². The van der Waals surface area contributed by atoms with Crippen LogP contribution < -0.4 is 15.8 Å². The number of carbonyl (C=O) groups excluding carboxylic acids is 1. The van der Waals surface area contributed by atoms with E-state index in [2.05, 4.69) is 10.3 Å². The molecule has 0 spiro atoms. The molecule has 0 saturated carbocycles. The molecule has 0 bridgehead atoms. The summed E-state index contributed by atoms with van der Waals surface area (Å²) in [6.07, 6.45) is 1.44. The maximum absolute atomic E-state index is 11.3. The molecule has 82 valence electrons. The number of nitrogens with one attached hydrogen (secondary N) is 1. The fourth-order valence-corrected chi connectivity index (χ4v) is 0.983. The Morgan fingerprint density at radius 2 is 2.40 bits per heavy atom. The number of nitrogens with zero attached hydrogens (tertiary/aromatic N) is 1. The lowest BCUT2D eigenvalue weighted by atomic mass is 10.3. The van der Waals surface area contributed by atoms with E-state index < -0.39 is 5.38 Å². The monoisotopic (exact) mass is 229 g/mol. The van der Waals surface area contributed by atoms with E-state index in [0.717, 1.165) is 0 Å². The summed E-state index contributed by atoms with van der Waals surface area (Å²) in [4.78, 5) is 15.1. The summed E-state index contributed by atoms with van der Waals surface area (Å²) in [6, 6.07) is 1.58. The molecule has 1 heterocycles. The minimum absolute atomic E-state index is 0.273. The van der Waals surface area contributed by atoms with Crippen molar-refractivity contribution in [1.29, 1.82) is 0 Å². The first-order valence-electron chi connectivity index (χ1n) is 4.29. The van der Waals surface area contributed by atoms with E-state index in [1.165, 1.54) is 13.3 Å². The van der Waals surface area contributed by atoms with Gasteiger partial charge in [-0.15, -0.1) is 11.6 Å². The molecule has 0 aliphatic heterocycles. The molecule has 1 aromatic rings. The summed E-state index contributed by atoms with van der Waals surface area (Å²) in [5, 5.41) is 1.97. The molecule has 1 unspecified atom stereocenters. The Balaban J connectivity index is 2.83. The second-order valence-corrected chi connectivity index (χ2v) is 3.57. The number of hydrogen-bond acceptors (Lipinski definition) is 4. The number of halogens is 1. The van der Waals surface area contributed by atoms with Gasteiger partial charge in [-0.1, -0.05) is 0 Å². The minimum atomic E-state index is -0.603. The highest BCUT2D eigenvalue weighted by atomic mass is 35.5. The van der Waals surface area contributed by atoms with Crippen molar-refractivity contribution in [3.05, 3.63) is 12.3 Å². The van der Waals surface area contributed by atoms with Gasteiger partial charge in [-0.3, -0.25) is 4.79 Å². The molecule has 1 rings (SSSR count). The fraction of sp³-hybridized carbons (Fsp3) is 0.333. The van der Waals surface area contributed by atoms with Crippen molar-refractivity contribution in [3.63, 3.8) is 0 Å². The molecule has 0 aliphatic rings. The van der Waals surface area contributed by atoms with E-state index in [4.69, 9.17) is 22.1 Å². The van der Waals surface area contributed by atoms with Gasteiger partial charge in [0, 0.05) is 6.07 Å². The Labute approximate surface area is 92.6 Å². The highest BCUT2D eigenvalue weighted by molar-refractivity contribution is 6.32. The summed E-state index contributed by atoms with van der Waals surface area (Å²) >= 11 is 5.59. The van der Waals surface area contributed by atoms with E-state index in [1.807, 2.05) is 0 Å². The number of alkyl halides is 1. The molecule has 1 aromatic heterocycles. The Hall–Kier alpha value is -1.49. The van der Waals surface area contributed by atoms with Gasteiger partial charge in [-0.2, -0.15) is 0 Å². The predicted molar refractivity (Wildman–Crippen MR) is 59.1 cm³/mol. The summed E-state index contributed by atoms with van der Waals surface area (Å²) < 4.78 is 4.96. The number of anilines is 2. The van der Waals surface area contributed by atoms with Crippen molar-refractivity contribution >= 4 is 29.0 Å². The topological polar surface area (TPSA) is 77.2 Å². The van der Waals surface area contributed by atoms with Crippen molar-refractivity contribution in [2.24, 2.45) is 0 Å². The smallest absolute Gasteiger partial charge is 0.242 e. The molecule has 5 nitrogen and oxygen atoms in total. The second kappa shape index (κ2) is 4.84. The van der Waals surface area contributed by atoms with Crippen molar-refractivity contribution in [1.82, 2.24) is 4.98 Å². The van der Waals surface area contributed by atoms with Crippen molar-refractivity contribution < 1.29 is 9.53 Å². The summed E-state index contributed by atoms with van der Waals surface area (Å²) in [5.41, 5.74) is 6.01. The van der Waals surface area contributed by atoms with Crippen LogP contribution in [0.1, 0.15) is 6.92 Å². The third-order valence-electron chi connectivity index (χ3n) is 1.73. The average Bonchev–Trinajstić information content (AvgIpc) is 2.20. The number of amides is 1. The van der Waals surface area contributed by atoms with Crippen LogP contribution in [0.5, 0.6) is 5.75 Å². The van der Waals surface area contributed by atoms with Crippen LogP contribution in [0.3, 0.4) is 0 Å². The zero-order valence-corrected chi connectivity index (χ0v) is 9.21. The Bertz CT molecular complexity index is 368. The number of nitrogens with two attached hydrogens (primary N) is 1. The van der Waals surface area contributed by atoms with Gasteiger partial charge in [0.15, 0.2) is 11.6 Å². The SMILES string of the molecule is COc1cc(NC(=O)C(C)Cl)cnc1N. The maximum Gasteiger partial charge on any atom is 0.242 e. The van der Waals surface area contributed by atoms with Crippen molar-refractivity contribution in [2.75, 3.05) is 18.2 Å². The number of pyridine rings is 1. The molecule has 1 atom stereocenters. The molecule has 15 heavy (non-hydrogen) atoms. The molecule has 0 aromatic carbocycles. The lowest BCUT2D eigenvalue weighted by Gasteiger charge is -2.08. The lowest BCUT2D eigenvalue weighted by Crippen LogP contribution is -2.20. The van der Waals surface area contributed by atoms with Gasteiger partial charge in [0.2, 0.25) is 5.91 Å². The van der Waals surface area contributed by atoms with Crippen LogP contribution in [0.15, 0.2) is 12.3 Å². The van der Waals surface area contributed by atoms with Crippen molar-refractivity contribution in [3.8, 4) is 5.75 Å². The largest absolute Gasteiger partial charge is 0.493 e. The van der Waals surface area contributed by atoms with Crippen LogP contribution in [0.2, 0.25) is 0 Å². The van der Waals surface area contributed by atoms with Gasteiger partial charge in [0.25, 0.3) is 0 Å². The highest BCUT2D eigenvalue weighted by Crippen LogP contribution is 2.22. The molecule has 6 heteroatoms. The number of hydrogen-bond donors (Lipinski definition) is 2. The predicted octanol–water partition coefficient (Wildman–Crippen LogP) is 1.24. The number of carbonyl (C=O) groups is 1. The Morgan fingerprint density at radius 1 is 1.73 bits per heavy atom. The number of methoxy groups -OCH3 is 1. The van der Waals surface area contributed by atoms with Gasteiger partial charge in [0.1, 0.15) is 5.38 Å². The van der Waals surface area contributed by atoms with E-state index in [9.17, 15) is 4.79 Å². The van der Waals surface area contributed by atoms with Gasteiger partial charge in [-0.05, 0) is 6.92 Å². The fourth-order valence-electron chi connectivity index (χ4n) is 0.929. The maximum atomic E-state index is 11.3.